The van der Waals surface area contributed by atoms with Crippen molar-refractivity contribution in [2.75, 3.05) is 19.6 Å². The van der Waals surface area contributed by atoms with E-state index in [9.17, 15) is 9.18 Å². The summed E-state index contributed by atoms with van der Waals surface area (Å²) in [7, 11) is 0. The van der Waals surface area contributed by atoms with Gasteiger partial charge in [-0.25, -0.2) is 4.39 Å². The Morgan fingerprint density at radius 1 is 1.38 bits per heavy atom. The van der Waals surface area contributed by atoms with Crippen LogP contribution in [0.15, 0.2) is 30.3 Å². The first-order valence-electron chi connectivity index (χ1n) is 9.31. The van der Waals surface area contributed by atoms with Crippen LogP contribution < -0.4 is 5.32 Å². The second kappa shape index (κ2) is 8.45. The number of nitrogens with one attached hydrogen (secondary N) is 2. The minimum absolute atomic E-state index is 0.141. The molecule has 0 radical (unpaired) electrons. The van der Waals surface area contributed by atoms with Crippen LogP contribution in [-0.4, -0.2) is 40.6 Å². The van der Waals surface area contributed by atoms with Crippen LogP contribution in [-0.2, 0) is 6.54 Å². The SMILES string of the molecule is CC(C)c1cc(CN2CCC[C@@H](CNC(=O)c3ccc(F)cc3)C2)[nH]n1. The van der Waals surface area contributed by atoms with E-state index in [1.807, 2.05) is 0 Å². The number of aromatic nitrogens is 2. The molecule has 0 saturated carbocycles. The molecule has 2 heterocycles. The predicted molar refractivity (Wildman–Crippen MR) is 99.4 cm³/mol. The van der Waals surface area contributed by atoms with Gasteiger partial charge >= 0.3 is 0 Å². The summed E-state index contributed by atoms with van der Waals surface area (Å²) in [6.07, 6.45) is 2.24. The monoisotopic (exact) mass is 358 g/mol. The van der Waals surface area contributed by atoms with Crippen molar-refractivity contribution in [2.24, 2.45) is 5.92 Å². The molecule has 0 aliphatic carbocycles. The number of hydrogen-bond donors (Lipinski definition) is 2. The molecule has 0 bridgehead atoms. The van der Waals surface area contributed by atoms with E-state index in [-0.39, 0.29) is 11.7 Å². The molecular formula is C20H27FN4O. The molecule has 1 atom stereocenters. The number of rotatable bonds is 6. The van der Waals surface area contributed by atoms with E-state index in [2.05, 4.69) is 40.3 Å². The van der Waals surface area contributed by atoms with Crippen molar-refractivity contribution in [2.45, 2.75) is 39.2 Å². The van der Waals surface area contributed by atoms with E-state index in [0.29, 0.717) is 23.9 Å². The third-order valence-electron chi connectivity index (χ3n) is 4.90. The maximum atomic E-state index is 13.0. The molecule has 1 aliphatic heterocycles. The van der Waals surface area contributed by atoms with Crippen molar-refractivity contribution in [1.29, 1.82) is 0 Å². The van der Waals surface area contributed by atoms with Crippen molar-refractivity contribution >= 4 is 5.91 Å². The van der Waals surface area contributed by atoms with E-state index in [1.165, 1.54) is 24.3 Å². The van der Waals surface area contributed by atoms with Crippen LogP contribution in [0, 0.1) is 11.7 Å². The van der Waals surface area contributed by atoms with Gasteiger partial charge in [0.15, 0.2) is 0 Å². The number of amides is 1. The average molecular weight is 358 g/mol. The summed E-state index contributed by atoms with van der Waals surface area (Å²) in [5, 5.41) is 10.5. The van der Waals surface area contributed by atoms with Crippen LogP contribution in [0.25, 0.3) is 0 Å². The molecule has 2 aromatic rings. The topological polar surface area (TPSA) is 61.0 Å². The van der Waals surface area contributed by atoms with Crippen LogP contribution in [0.5, 0.6) is 0 Å². The van der Waals surface area contributed by atoms with Gasteiger partial charge < -0.3 is 5.32 Å². The zero-order valence-corrected chi connectivity index (χ0v) is 15.5. The number of H-pyrrole nitrogens is 1. The Hall–Kier alpha value is -2.21. The van der Waals surface area contributed by atoms with Crippen molar-refractivity contribution in [1.82, 2.24) is 20.4 Å². The van der Waals surface area contributed by atoms with E-state index < -0.39 is 0 Å². The van der Waals surface area contributed by atoms with Crippen molar-refractivity contribution in [3.05, 3.63) is 53.1 Å². The van der Waals surface area contributed by atoms with Gasteiger partial charge in [-0.3, -0.25) is 14.8 Å². The summed E-state index contributed by atoms with van der Waals surface area (Å²) in [5.74, 6) is 0.387. The van der Waals surface area contributed by atoms with E-state index >= 15 is 0 Å². The van der Waals surface area contributed by atoms with Gasteiger partial charge in [-0.05, 0) is 61.6 Å². The highest BCUT2D eigenvalue weighted by Gasteiger charge is 2.21. The number of nitrogens with zero attached hydrogens (tertiary/aromatic N) is 2. The minimum atomic E-state index is -0.330. The van der Waals surface area contributed by atoms with Gasteiger partial charge in [0.2, 0.25) is 0 Å². The van der Waals surface area contributed by atoms with Crippen molar-refractivity contribution in [3.63, 3.8) is 0 Å². The first kappa shape index (κ1) is 18.6. The summed E-state index contributed by atoms with van der Waals surface area (Å²) in [6.45, 7) is 7.81. The fraction of sp³-hybridized carbons (Fsp3) is 0.500. The van der Waals surface area contributed by atoms with Crippen LogP contribution in [0.4, 0.5) is 4.39 Å². The molecular weight excluding hydrogens is 331 g/mol. The fourth-order valence-electron chi connectivity index (χ4n) is 3.40. The molecule has 6 heteroatoms. The molecule has 1 aliphatic rings. The summed E-state index contributed by atoms with van der Waals surface area (Å²) >= 11 is 0. The largest absolute Gasteiger partial charge is 0.352 e. The maximum Gasteiger partial charge on any atom is 0.251 e. The highest BCUT2D eigenvalue weighted by Crippen LogP contribution is 2.19. The Labute approximate surface area is 154 Å². The maximum absolute atomic E-state index is 13.0. The molecule has 3 rings (SSSR count). The van der Waals surface area contributed by atoms with Gasteiger partial charge in [-0.2, -0.15) is 5.10 Å². The molecule has 1 aromatic carbocycles. The normalized spacial score (nSPS) is 18.2. The van der Waals surface area contributed by atoms with Gasteiger partial charge in [0.1, 0.15) is 5.82 Å². The van der Waals surface area contributed by atoms with Crippen LogP contribution in [0.3, 0.4) is 0 Å². The molecule has 1 saturated heterocycles. The Kier molecular flexibility index (Phi) is 6.04. The molecule has 0 spiro atoms. The molecule has 1 amide bonds. The molecule has 140 valence electrons. The minimum Gasteiger partial charge on any atom is -0.352 e. The Balaban J connectivity index is 1.48. The summed E-state index contributed by atoms with van der Waals surface area (Å²) in [6, 6.07) is 7.80. The standard InChI is InChI=1S/C20H27FN4O/c1-14(2)19-10-18(23-24-19)13-25-9-3-4-15(12-25)11-22-20(26)16-5-7-17(21)8-6-16/h5-8,10,14-15H,3-4,9,11-13H2,1-2H3,(H,22,26)(H,23,24)/t15-/m0/s1. The first-order valence-corrected chi connectivity index (χ1v) is 9.31. The molecule has 1 fully saturated rings. The zero-order chi connectivity index (χ0) is 18.5. The lowest BCUT2D eigenvalue weighted by atomic mass is 9.97. The van der Waals surface area contributed by atoms with Gasteiger partial charge in [-0.15, -0.1) is 0 Å². The van der Waals surface area contributed by atoms with Crippen LogP contribution in [0.2, 0.25) is 0 Å². The smallest absolute Gasteiger partial charge is 0.251 e. The lowest BCUT2D eigenvalue weighted by Gasteiger charge is -2.32. The Bertz CT molecular complexity index is 726. The third-order valence-corrected chi connectivity index (χ3v) is 4.90. The number of carbonyl (C=O) groups is 1. The van der Waals surface area contributed by atoms with Gasteiger partial charge in [-0.1, -0.05) is 13.8 Å². The average Bonchev–Trinajstić information content (AvgIpc) is 3.09. The second-order valence-electron chi connectivity index (χ2n) is 7.43. The van der Waals surface area contributed by atoms with E-state index in [4.69, 9.17) is 0 Å². The molecule has 5 nitrogen and oxygen atoms in total. The Morgan fingerprint density at radius 3 is 2.85 bits per heavy atom. The van der Waals surface area contributed by atoms with E-state index in [1.54, 1.807) is 0 Å². The van der Waals surface area contributed by atoms with Crippen molar-refractivity contribution in [3.8, 4) is 0 Å². The first-order chi connectivity index (χ1) is 12.5. The number of likely N-dealkylation sites (tertiary alicyclic amines) is 1. The van der Waals surface area contributed by atoms with Gasteiger partial charge in [0, 0.05) is 30.9 Å². The summed E-state index contributed by atoms with van der Waals surface area (Å²) in [5.41, 5.74) is 2.74. The van der Waals surface area contributed by atoms with Crippen LogP contribution >= 0.6 is 0 Å². The number of hydrogen-bond acceptors (Lipinski definition) is 3. The predicted octanol–water partition coefficient (Wildman–Crippen LogP) is 3.31. The zero-order valence-electron chi connectivity index (χ0n) is 15.5. The lowest BCUT2D eigenvalue weighted by Crippen LogP contribution is -2.40. The van der Waals surface area contributed by atoms with Crippen LogP contribution in [0.1, 0.15) is 54.4 Å². The summed E-state index contributed by atoms with van der Waals surface area (Å²) < 4.78 is 13.0. The quantitative estimate of drug-likeness (QED) is 0.833. The lowest BCUT2D eigenvalue weighted by molar-refractivity contribution is 0.0930. The fourth-order valence-corrected chi connectivity index (χ4v) is 3.40. The van der Waals surface area contributed by atoms with Crippen molar-refractivity contribution < 1.29 is 9.18 Å². The molecule has 0 unspecified atom stereocenters. The second-order valence-corrected chi connectivity index (χ2v) is 7.43. The number of piperidine rings is 1. The number of halogens is 1. The summed E-state index contributed by atoms with van der Waals surface area (Å²) in [4.78, 5) is 14.6. The number of aromatic amines is 1. The highest BCUT2D eigenvalue weighted by molar-refractivity contribution is 5.94. The van der Waals surface area contributed by atoms with Gasteiger partial charge in [0.25, 0.3) is 5.91 Å². The molecule has 26 heavy (non-hydrogen) atoms. The Morgan fingerprint density at radius 2 is 2.15 bits per heavy atom. The van der Waals surface area contributed by atoms with Gasteiger partial charge in [0.05, 0.1) is 5.69 Å². The highest BCUT2D eigenvalue weighted by atomic mass is 19.1. The number of carbonyl (C=O) groups excluding carboxylic acids is 1. The number of benzene rings is 1. The third kappa shape index (κ3) is 4.91. The molecule has 2 N–H and O–H groups in total. The van der Waals surface area contributed by atoms with E-state index in [0.717, 1.165) is 43.9 Å². The molecule has 1 aromatic heterocycles.